The number of benzene rings is 5. The molecule has 34 heavy (non-hydrogen) atoms. The summed E-state index contributed by atoms with van der Waals surface area (Å²) in [6, 6.07) is 44.8. The van der Waals surface area contributed by atoms with E-state index >= 15 is 0 Å². The second kappa shape index (κ2) is 8.49. The van der Waals surface area contributed by atoms with Crippen LogP contribution >= 0.6 is 0 Å². The van der Waals surface area contributed by atoms with Crippen LogP contribution in [0.5, 0.6) is 0 Å². The van der Waals surface area contributed by atoms with E-state index in [1.54, 1.807) is 0 Å². The van der Waals surface area contributed by atoms with Crippen molar-refractivity contribution in [3.05, 3.63) is 133 Å². The number of fused-ring (bicyclic) bond motifs is 1. The molecule has 0 aliphatic heterocycles. The van der Waals surface area contributed by atoms with Crippen molar-refractivity contribution in [1.29, 1.82) is 0 Å². The Labute approximate surface area is 199 Å². The van der Waals surface area contributed by atoms with Gasteiger partial charge in [-0.15, -0.1) is 0 Å². The third-order valence-electron chi connectivity index (χ3n) is 6.37. The van der Waals surface area contributed by atoms with E-state index in [2.05, 4.69) is 127 Å². The molecule has 6 rings (SSSR count). The molecule has 2 heteroatoms. The number of hydrogen-bond acceptors (Lipinski definition) is 1. The molecule has 0 spiro atoms. The minimum Gasteiger partial charge on any atom is -0.292 e. The molecule has 0 bridgehead atoms. The molecule has 2 nitrogen and oxygen atoms in total. The molecule has 0 aliphatic carbocycles. The Hall–Kier alpha value is -4.43. The molecular weight excluding hydrogens is 412 g/mol. The maximum Gasteiger partial charge on any atom is 0.145 e. The van der Waals surface area contributed by atoms with Gasteiger partial charge in [-0.2, -0.15) is 0 Å². The van der Waals surface area contributed by atoms with Gasteiger partial charge in [-0.1, -0.05) is 97.1 Å². The summed E-state index contributed by atoms with van der Waals surface area (Å²) in [6.45, 7) is 2.17. The molecule has 0 saturated carbocycles. The van der Waals surface area contributed by atoms with E-state index < -0.39 is 0 Å². The van der Waals surface area contributed by atoms with Gasteiger partial charge in [0.1, 0.15) is 5.82 Å². The van der Waals surface area contributed by atoms with Crippen molar-refractivity contribution >= 4 is 11.0 Å². The van der Waals surface area contributed by atoms with Crippen LogP contribution in [0.25, 0.3) is 50.4 Å². The Morgan fingerprint density at radius 2 is 1.15 bits per heavy atom. The normalized spacial score (nSPS) is 11.1. The van der Waals surface area contributed by atoms with Crippen LogP contribution in [-0.2, 0) is 0 Å². The van der Waals surface area contributed by atoms with Gasteiger partial charge in [-0.3, -0.25) is 4.57 Å². The molecule has 0 fully saturated rings. The Kier molecular flexibility index (Phi) is 5.04. The molecule has 6 aromatic rings. The van der Waals surface area contributed by atoms with Crippen LogP contribution in [0, 0.1) is 6.92 Å². The largest absolute Gasteiger partial charge is 0.292 e. The van der Waals surface area contributed by atoms with Gasteiger partial charge in [0, 0.05) is 11.3 Å². The summed E-state index contributed by atoms with van der Waals surface area (Å²) < 4.78 is 2.24. The number of rotatable bonds is 4. The topological polar surface area (TPSA) is 17.8 Å². The molecule has 0 amide bonds. The third kappa shape index (κ3) is 3.60. The summed E-state index contributed by atoms with van der Waals surface area (Å²) in [6.07, 6.45) is 0. The maximum atomic E-state index is 4.99. The van der Waals surface area contributed by atoms with Gasteiger partial charge in [-0.25, -0.2) is 4.98 Å². The van der Waals surface area contributed by atoms with Crippen LogP contribution in [0.15, 0.2) is 127 Å². The zero-order valence-corrected chi connectivity index (χ0v) is 19.0. The second-order valence-corrected chi connectivity index (χ2v) is 8.57. The second-order valence-electron chi connectivity index (χ2n) is 8.57. The van der Waals surface area contributed by atoms with E-state index in [4.69, 9.17) is 4.98 Å². The number of aromatic nitrogens is 2. The summed E-state index contributed by atoms with van der Waals surface area (Å²) in [4.78, 5) is 4.99. The number of nitrogens with zero attached hydrogens (tertiary/aromatic N) is 2. The number of hydrogen-bond donors (Lipinski definition) is 0. The highest BCUT2D eigenvalue weighted by Crippen LogP contribution is 2.32. The van der Waals surface area contributed by atoms with E-state index in [1.807, 2.05) is 12.1 Å². The van der Waals surface area contributed by atoms with E-state index in [-0.39, 0.29) is 0 Å². The minimum atomic E-state index is 0.952. The van der Waals surface area contributed by atoms with Gasteiger partial charge >= 0.3 is 0 Å². The highest BCUT2D eigenvalue weighted by Gasteiger charge is 2.14. The molecule has 1 heterocycles. The zero-order chi connectivity index (χ0) is 22.9. The van der Waals surface area contributed by atoms with Gasteiger partial charge in [0.15, 0.2) is 0 Å². The quantitative estimate of drug-likeness (QED) is 0.271. The summed E-state index contributed by atoms with van der Waals surface area (Å²) >= 11 is 0. The van der Waals surface area contributed by atoms with Crippen molar-refractivity contribution in [3.8, 4) is 39.3 Å². The maximum absolute atomic E-state index is 4.99. The van der Waals surface area contributed by atoms with Gasteiger partial charge in [-0.05, 0) is 65.1 Å². The Balaban J connectivity index is 1.43. The summed E-state index contributed by atoms with van der Waals surface area (Å²) in [5.74, 6) is 0.952. The van der Waals surface area contributed by atoms with Gasteiger partial charge in [0.2, 0.25) is 0 Å². The van der Waals surface area contributed by atoms with Crippen LogP contribution in [-0.4, -0.2) is 9.55 Å². The van der Waals surface area contributed by atoms with Crippen molar-refractivity contribution < 1.29 is 0 Å². The van der Waals surface area contributed by atoms with Crippen molar-refractivity contribution in [3.63, 3.8) is 0 Å². The standard InChI is InChI=1S/C32H24N2/c1-23-16-17-27(22-29(23)25-10-4-2-5-11-25)24-18-20-26(21-19-24)32-33-30-14-8-9-15-31(30)34(32)28-12-6-3-7-13-28/h2-22H,1H3. The van der Waals surface area contributed by atoms with Gasteiger partial charge in [0.05, 0.1) is 11.0 Å². The molecular formula is C32H24N2. The molecule has 0 N–H and O–H groups in total. The van der Waals surface area contributed by atoms with Crippen molar-refractivity contribution in [1.82, 2.24) is 9.55 Å². The molecule has 1 aromatic heterocycles. The van der Waals surface area contributed by atoms with Crippen LogP contribution in [0.1, 0.15) is 5.56 Å². The molecule has 0 aliphatic rings. The lowest BCUT2D eigenvalue weighted by Crippen LogP contribution is -1.97. The lowest BCUT2D eigenvalue weighted by molar-refractivity contribution is 1.10. The number of para-hydroxylation sites is 3. The van der Waals surface area contributed by atoms with E-state index in [1.165, 1.54) is 27.8 Å². The molecule has 5 aromatic carbocycles. The Bertz CT molecular complexity index is 1580. The summed E-state index contributed by atoms with van der Waals surface area (Å²) in [5.41, 5.74) is 10.5. The van der Waals surface area contributed by atoms with E-state index in [0.717, 1.165) is 28.1 Å². The van der Waals surface area contributed by atoms with Crippen LogP contribution < -0.4 is 0 Å². The van der Waals surface area contributed by atoms with Crippen LogP contribution in [0.3, 0.4) is 0 Å². The monoisotopic (exact) mass is 436 g/mol. The first-order valence-corrected chi connectivity index (χ1v) is 11.6. The van der Waals surface area contributed by atoms with Crippen LogP contribution in [0.4, 0.5) is 0 Å². The van der Waals surface area contributed by atoms with Crippen molar-refractivity contribution in [2.45, 2.75) is 6.92 Å². The van der Waals surface area contributed by atoms with E-state index in [0.29, 0.717) is 0 Å². The Morgan fingerprint density at radius 3 is 1.91 bits per heavy atom. The summed E-state index contributed by atoms with van der Waals surface area (Å²) in [5, 5.41) is 0. The van der Waals surface area contributed by atoms with Crippen LogP contribution in [0.2, 0.25) is 0 Å². The third-order valence-corrected chi connectivity index (χ3v) is 6.37. The fourth-order valence-electron chi connectivity index (χ4n) is 4.60. The SMILES string of the molecule is Cc1ccc(-c2ccc(-c3nc4ccccc4n3-c3ccccc3)cc2)cc1-c1ccccc1. The average molecular weight is 437 g/mol. The minimum absolute atomic E-state index is 0.952. The molecule has 0 atom stereocenters. The lowest BCUT2D eigenvalue weighted by atomic mass is 9.95. The fraction of sp³-hybridized carbons (Fsp3) is 0.0312. The average Bonchev–Trinajstić information content (AvgIpc) is 3.30. The zero-order valence-electron chi connectivity index (χ0n) is 19.0. The Morgan fingerprint density at radius 1 is 0.529 bits per heavy atom. The molecule has 0 radical (unpaired) electrons. The molecule has 162 valence electrons. The van der Waals surface area contributed by atoms with Crippen molar-refractivity contribution in [2.75, 3.05) is 0 Å². The highest BCUT2D eigenvalue weighted by atomic mass is 15.1. The fourth-order valence-corrected chi connectivity index (χ4v) is 4.60. The smallest absolute Gasteiger partial charge is 0.145 e. The predicted octanol–water partition coefficient (Wildman–Crippen LogP) is 8.33. The lowest BCUT2D eigenvalue weighted by Gasteiger charge is -2.12. The van der Waals surface area contributed by atoms with Gasteiger partial charge < -0.3 is 0 Å². The van der Waals surface area contributed by atoms with Gasteiger partial charge in [0.25, 0.3) is 0 Å². The molecule has 0 unspecified atom stereocenters. The first-order chi connectivity index (χ1) is 16.8. The van der Waals surface area contributed by atoms with Crippen molar-refractivity contribution in [2.24, 2.45) is 0 Å². The highest BCUT2D eigenvalue weighted by molar-refractivity contribution is 5.84. The predicted molar refractivity (Wildman–Crippen MR) is 142 cm³/mol. The first kappa shape index (κ1) is 20.2. The number of imidazole rings is 1. The number of aryl methyl sites for hydroxylation is 1. The first-order valence-electron chi connectivity index (χ1n) is 11.6. The molecule has 0 saturated heterocycles. The summed E-state index contributed by atoms with van der Waals surface area (Å²) in [7, 11) is 0. The van der Waals surface area contributed by atoms with E-state index in [9.17, 15) is 0 Å².